The van der Waals surface area contributed by atoms with Crippen molar-refractivity contribution in [2.45, 2.75) is 45.4 Å². The van der Waals surface area contributed by atoms with Crippen LogP contribution in [-0.2, 0) is 4.79 Å². The van der Waals surface area contributed by atoms with Gasteiger partial charge in [0.15, 0.2) is 5.78 Å². The molecule has 0 aliphatic heterocycles. The Morgan fingerprint density at radius 1 is 1.06 bits per heavy atom. The monoisotopic (exact) mass is 240 g/mol. The molecule has 0 heterocycles. The van der Waals surface area contributed by atoms with Gasteiger partial charge in [-0.1, -0.05) is 36.8 Å². The van der Waals surface area contributed by atoms with Gasteiger partial charge in [-0.3, -0.25) is 4.79 Å². The summed E-state index contributed by atoms with van der Waals surface area (Å²) >= 11 is 0. The van der Waals surface area contributed by atoms with Gasteiger partial charge < -0.3 is 0 Å². The van der Waals surface area contributed by atoms with Gasteiger partial charge in [0.2, 0.25) is 0 Å². The number of Topliss-reactive ketones (excluding diaryl/α,β-unsaturated/α-hetero) is 1. The minimum absolute atomic E-state index is 0.189. The molecule has 18 heavy (non-hydrogen) atoms. The number of benzene rings is 1. The molecule has 1 nitrogen and oxygen atoms in total. The van der Waals surface area contributed by atoms with Gasteiger partial charge in [0.05, 0.1) is 0 Å². The predicted molar refractivity (Wildman–Crippen MR) is 73.7 cm³/mol. The van der Waals surface area contributed by atoms with Gasteiger partial charge >= 0.3 is 0 Å². The number of ketones is 1. The lowest BCUT2D eigenvalue weighted by molar-refractivity contribution is -0.119. The first-order valence-corrected chi connectivity index (χ1v) is 6.91. The average molecular weight is 240 g/mol. The standard InChI is InChI=1S/C17H20O/c1-10-11(2)17(18)15-9-8-14(10)16-7-5-4-6-13(16)12(15)3/h4-7,12,14-15H,8-9H2,1-3H3. The Balaban J connectivity index is 2.27. The van der Waals surface area contributed by atoms with Crippen LogP contribution in [0.25, 0.3) is 0 Å². The van der Waals surface area contributed by atoms with Crippen molar-refractivity contribution >= 4 is 5.78 Å². The Kier molecular flexibility index (Phi) is 2.65. The summed E-state index contributed by atoms with van der Waals surface area (Å²) in [6.07, 6.45) is 2.16. The van der Waals surface area contributed by atoms with Crippen LogP contribution < -0.4 is 0 Å². The predicted octanol–water partition coefficient (Wildman–Crippen LogP) is 4.20. The van der Waals surface area contributed by atoms with E-state index in [4.69, 9.17) is 0 Å². The number of rotatable bonds is 0. The largest absolute Gasteiger partial charge is 0.294 e. The minimum Gasteiger partial charge on any atom is -0.294 e. The lowest BCUT2D eigenvalue weighted by Crippen LogP contribution is -2.22. The van der Waals surface area contributed by atoms with Gasteiger partial charge in [0.25, 0.3) is 0 Å². The third-order valence-corrected chi connectivity index (χ3v) is 5.05. The first-order valence-electron chi connectivity index (χ1n) is 6.91. The van der Waals surface area contributed by atoms with Crippen molar-refractivity contribution in [2.75, 3.05) is 0 Å². The van der Waals surface area contributed by atoms with Crippen LogP contribution in [0, 0.1) is 5.92 Å². The van der Waals surface area contributed by atoms with Gasteiger partial charge in [-0.15, -0.1) is 0 Å². The Hall–Kier alpha value is -1.37. The van der Waals surface area contributed by atoms with E-state index in [1.807, 2.05) is 6.92 Å². The van der Waals surface area contributed by atoms with E-state index in [-0.39, 0.29) is 5.92 Å². The zero-order valence-electron chi connectivity index (χ0n) is 11.4. The minimum atomic E-state index is 0.189. The molecule has 0 N–H and O–H groups in total. The highest BCUT2D eigenvalue weighted by molar-refractivity contribution is 5.98. The van der Waals surface area contributed by atoms with E-state index in [2.05, 4.69) is 38.1 Å². The van der Waals surface area contributed by atoms with Crippen LogP contribution in [-0.4, -0.2) is 5.78 Å². The van der Waals surface area contributed by atoms with Crippen molar-refractivity contribution in [1.82, 2.24) is 0 Å². The quantitative estimate of drug-likeness (QED) is 0.664. The Labute approximate surface area is 109 Å². The number of allylic oxidation sites excluding steroid dienone is 2. The summed E-state index contributed by atoms with van der Waals surface area (Å²) < 4.78 is 0. The maximum absolute atomic E-state index is 12.5. The highest BCUT2D eigenvalue weighted by Gasteiger charge is 2.37. The molecule has 0 saturated heterocycles. The van der Waals surface area contributed by atoms with Gasteiger partial charge in [0.1, 0.15) is 0 Å². The molecule has 2 aliphatic rings. The van der Waals surface area contributed by atoms with Gasteiger partial charge in [-0.25, -0.2) is 0 Å². The molecule has 0 amide bonds. The van der Waals surface area contributed by atoms with Crippen LogP contribution in [0.15, 0.2) is 35.4 Å². The highest BCUT2D eigenvalue weighted by Crippen LogP contribution is 2.47. The molecular formula is C17H20O. The van der Waals surface area contributed by atoms with Crippen molar-refractivity contribution in [3.8, 4) is 0 Å². The van der Waals surface area contributed by atoms with Crippen LogP contribution in [0.4, 0.5) is 0 Å². The Morgan fingerprint density at radius 3 is 2.44 bits per heavy atom. The SMILES string of the molecule is CC1=C(C)C2CCC(C1=O)C(C)c1ccccc12. The van der Waals surface area contributed by atoms with Crippen LogP contribution >= 0.6 is 0 Å². The summed E-state index contributed by atoms with van der Waals surface area (Å²) in [5, 5.41) is 0. The molecule has 0 spiro atoms. The fourth-order valence-corrected chi connectivity index (χ4v) is 3.75. The zero-order chi connectivity index (χ0) is 12.9. The molecule has 1 aromatic carbocycles. The van der Waals surface area contributed by atoms with Gasteiger partial charge in [0, 0.05) is 11.8 Å². The van der Waals surface area contributed by atoms with Crippen LogP contribution in [0.1, 0.15) is 56.6 Å². The number of hydrogen-bond acceptors (Lipinski definition) is 1. The first kappa shape index (κ1) is 11.7. The maximum atomic E-state index is 12.5. The second kappa shape index (κ2) is 4.08. The maximum Gasteiger partial charge on any atom is 0.162 e. The summed E-state index contributed by atoms with van der Waals surface area (Å²) in [5.41, 5.74) is 5.16. The van der Waals surface area contributed by atoms with Crippen molar-refractivity contribution in [3.05, 3.63) is 46.5 Å². The summed E-state index contributed by atoms with van der Waals surface area (Å²) in [7, 11) is 0. The molecule has 0 aromatic heterocycles. The van der Waals surface area contributed by atoms with Crippen molar-refractivity contribution in [3.63, 3.8) is 0 Å². The highest BCUT2D eigenvalue weighted by atomic mass is 16.1. The average Bonchev–Trinajstić information content (AvgIpc) is 2.60. The molecule has 3 atom stereocenters. The van der Waals surface area contributed by atoms with E-state index in [0.717, 1.165) is 18.4 Å². The summed E-state index contributed by atoms with van der Waals surface area (Å²) in [5.74, 6) is 1.40. The molecule has 0 saturated carbocycles. The molecule has 2 aliphatic carbocycles. The smallest absolute Gasteiger partial charge is 0.162 e. The van der Waals surface area contributed by atoms with E-state index in [0.29, 0.717) is 17.6 Å². The molecule has 0 radical (unpaired) electrons. The van der Waals surface area contributed by atoms with E-state index < -0.39 is 0 Å². The summed E-state index contributed by atoms with van der Waals surface area (Å²) in [6.45, 7) is 6.38. The Bertz CT molecular complexity index is 538. The van der Waals surface area contributed by atoms with E-state index >= 15 is 0 Å². The first-order chi connectivity index (χ1) is 8.61. The van der Waals surface area contributed by atoms with Crippen molar-refractivity contribution < 1.29 is 4.79 Å². The van der Waals surface area contributed by atoms with E-state index in [9.17, 15) is 4.79 Å². The topological polar surface area (TPSA) is 17.1 Å². The normalized spacial score (nSPS) is 31.1. The third-order valence-electron chi connectivity index (χ3n) is 5.05. The fourth-order valence-electron chi connectivity index (χ4n) is 3.75. The number of carbonyl (C=O) groups is 1. The molecular weight excluding hydrogens is 220 g/mol. The van der Waals surface area contributed by atoms with E-state index in [1.54, 1.807) is 0 Å². The van der Waals surface area contributed by atoms with Crippen molar-refractivity contribution in [1.29, 1.82) is 0 Å². The Morgan fingerprint density at radius 2 is 1.72 bits per heavy atom. The van der Waals surface area contributed by atoms with Crippen LogP contribution in [0.5, 0.6) is 0 Å². The van der Waals surface area contributed by atoms with E-state index in [1.165, 1.54) is 16.7 Å². The lowest BCUT2D eigenvalue weighted by atomic mass is 9.77. The summed E-state index contributed by atoms with van der Waals surface area (Å²) in [6, 6.07) is 8.70. The van der Waals surface area contributed by atoms with Crippen LogP contribution in [0.2, 0.25) is 0 Å². The van der Waals surface area contributed by atoms with Gasteiger partial charge in [-0.05, 0) is 49.3 Å². The zero-order valence-corrected chi connectivity index (χ0v) is 11.4. The molecule has 3 rings (SSSR count). The molecule has 1 aromatic rings. The lowest BCUT2D eigenvalue weighted by Gasteiger charge is -2.26. The van der Waals surface area contributed by atoms with Crippen LogP contribution in [0.3, 0.4) is 0 Å². The molecule has 3 unspecified atom stereocenters. The van der Waals surface area contributed by atoms with Gasteiger partial charge in [-0.2, -0.15) is 0 Å². The number of hydrogen-bond donors (Lipinski definition) is 0. The fraction of sp³-hybridized carbons (Fsp3) is 0.471. The third kappa shape index (κ3) is 1.50. The van der Waals surface area contributed by atoms with Crippen molar-refractivity contribution in [2.24, 2.45) is 5.92 Å². The molecule has 1 heteroatoms. The molecule has 2 bridgehead atoms. The number of carbonyl (C=O) groups excluding carboxylic acids is 1. The molecule has 94 valence electrons. The molecule has 0 fully saturated rings. The second-order valence-electron chi connectivity index (χ2n) is 5.83. The number of fused-ring (bicyclic) bond motifs is 5. The summed E-state index contributed by atoms with van der Waals surface area (Å²) in [4.78, 5) is 12.5. The second-order valence-corrected chi connectivity index (χ2v) is 5.83.